The van der Waals surface area contributed by atoms with Gasteiger partial charge in [-0.15, -0.1) is 11.8 Å². The lowest BCUT2D eigenvalue weighted by atomic mass is 9.85. The third-order valence-electron chi connectivity index (χ3n) is 2.94. The van der Waals surface area contributed by atoms with E-state index in [-0.39, 0.29) is 0 Å². The second kappa shape index (κ2) is 5.60. The van der Waals surface area contributed by atoms with Crippen LogP contribution in [0.4, 0.5) is 0 Å². The lowest BCUT2D eigenvalue weighted by Gasteiger charge is -2.19. The Bertz CT molecular complexity index is 427. The first-order valence-electron chi connectivity index (χ1n) is 6.10. The highest BCUT2D eigenvalue weighted by atomic mass is 32.2. The van der Waals surface area contributed by atoms with Gasteiger partial charge in [0, 0.05) is 4.90 Å². The number of hydrogen-bond donors (Lipinski definition) is 0. The molecular weight excluding hydrogens is 226 g/mol. The Labute approximate surface area is 109 Å². The first kappa shape index (κ1) is 14.1. The minimum Gasteiger partial charge on any atom is -0.197 e. The van der Waals surface area contributed by atoms with Crippen molar-refractivity contribution in [2.45, 2.75) is 50.8 Å². The molecule has 1 rings (SSSR count). The van der Waals surface area contributed by atoms with Crippen LogP contribution < -0.4 is 0 Å². The van der Waals surface area contributed by atoms with Gasteiger partial charge >= 0.3 is 0 Å². The summed E-state index contributed by atoms with van der Waals surface area (Å²) in [7, 11) is 0. The van der Waals surface area contributed by atoms with Crippen molar-refractivity contribution < 1.29 is 0 Å². The van der Waals surface area contributed by atoms with Crippen LogP contribution in [0.5, 0.6) is 0 Å². The van der Waals surface area contributed by atoms with E-state index in [1.165, 1.54) is 10.5 Å². The molecule has 0 radical (unpaired) electrons. The molecule has 17 heavy (non-hydrogen) atoms. The van der Waals surface area contributed by atoms with Gasteiger partial charge in [0.15, 0.2) is 0 Å². The number of benzene rings is 1. The first-order valence-corrected chi connectivity index (χ1v) is 7.09. The Morgan fingerprint density at radius 3 is 2.47 bits per heavy atom. The standard InChI is InChI=1S/C15H21NS/c1-6-17-14-9-12(15(4,5)10-16)7-8-13(14)11(2)3/h7-9,11H,6H2,1-5H3. The zero-order valence-electron chi connectivity index (χ0n) is 11.4. The lowest BCUT2D eigenvalue weighted by molar-refractivity contribution is 0.682. The molecule has 0 saturated heterocycles. The molecule has 0 fully saturated rings. The summed E-state index contributed by atoms with van der Waals surface area (Å²) in [6.07, 6.45) is 0. The van der Waals surface area contributed by atoms with Gasteiger partial charge in [-0.25, -0.2) is 0 Å². The molecule has 1 aromatic carbocycles. The van der Waals surface area contributed by atoms with Crippen LogP contribution in [-0.2, 0) is 5.41 Å². The topological polar surface area (TPSA) is 23.8 Å². The third kappa shape index (κ3) is 3.26. The Morgan fingerprint density at radius 2 is 2.00 bits per heavy atom. The molecule has 0 spiro atoms. The molecule has 0 atom stereocenters. The SMILES string of the molecule is CCSc1cc(C(C)(C)C#N)ccc1C(C)C. The second-order valence-electron chi connectivity index (χ2n) is 5.08. The van der Waals surface area contributed by atoms with Gasteiger partial charge in [-0.05, 0) is 42.7 Å². The summed E-state index contributed by atoms with van der Waals surface area (Å²) in [5.74, 6) is 1.60. The summed E-state index contributed by atoms with van der Waals surface area (Å²) in [6.45, 7) is 10.5. The molecule has 0 aliphatic carbocycles. The fourth-order valence-corrected chi connectivity index (χ4v) is 2.74. The van der Waals surface area contributed by atoms with Crippen LogP contribution in [0.3, 0.4) is 0 Å². The molecule has 0 aliphatic heterocycles. The molecule has 0 amide bonds. The summed E-state index contributed by atoms with van der Waals surface area (Å²) >= 11 is 1.86. The highest BCUT2D eigenvalue weighted by Crippen LogP contribution is 2.33. The average Bonchev–Trinajstić information content (AvgIpc) is 2.29. The number of nitriles is 1. The van der Waals surface area contributed by atoms with Gasteiger partial charge < -0.3 is 0 Å². The fraction of sp³-hybridized carbons (Fsp3) is 0.533. The second-order valence-corrected chi connectivity index (χ2v) is 6.38. The van der Waals surface area contributed by atoms with Gasteiger partial charge in [-0.2, -0.15) is 5.26 Å². The molecule has 1 nitrogen and oxygen atoms in total. The van der Waals surface area contributed by atoms with E-state index >= 15 is 0 Å². The molecule has 0 unspecified atom stereocenters. The van der Waals surface area contributed by atoms with Crippen molar-refractivity contribution in [3.63, 3.8) is 0 Å². The first-order chi connectivity index (χ1) is 7.92. The van der Waals surface area contributed by atoms with Crippen molar-refractivity contribution >= 4 is 11.8 Å². The van der Waals surface area contributed by atoms with Crippen molar-refractivity contribution in [2.24, 2.45) is 0 Å². The Kier molecular flexibility index (Phi) is 4.65. The zero-order chi connectivity index (χ0) is 13.1. The molecule has 0 heterocycles. The Hall–Kier alpha value is -0.940. The molecule has 92 valence electrons. The van der Waals surface area contributed by atoms with Crippen molar-refractivity contribution in [2.75, 3.05) is 5.75 Å². The van der Waals surface area contributed by atoms with E-state index in [0.717, 1.165) is 11.3 Å². The summed E-state index contributed by atoms with van der Waals surface area (Å²) in [5, 5.41) is 9.19. The van der Waals surface area contributed by atoms with Gasteiger partial charge in [0.05, 0.1) is 11.5 Å². The average molecular weight is 247 g/mol. The van der Waals surface area contributed by atoms with Gasteiger partial charge in [0.25, 0.3) is 0 Å². The molecule has 0 aliphatic rings. The van der Waals surface area contributed by atoms with Crippen molar-refractivity contribution in [1.82, 2.24) is 0 Å². The van der Waals surface area contributed by atoms with Crippen molar-refractivity contribution in [1.29, 1.82) is 5.26 Å². The highest BCUT2D eigenvalue weighted by Gasteiger charge is 2.21. The lowest BCUT2D eigenvalue weighted by Crippen LogP contribution is -2.14. The Morgan fingerprint density at radius 1 is 1.35 bits per heavy atom. The summed E-state index contributed by atoms with van der Waals surface area (Å²) < 4.78 is 0. The highest BCUT2D eigenvalue weighted by molar-refractivity contribution is 7.99. The van der Waals surface area contributed by atoms with Gasteiger partial charge in [0.1, 0.15) is 0 Å². The van der Waals surface area contributed by atoms with Crippen LogP contribution >= 0.6 is 11.8 Å². The maximum atomic E-state index is 9.19. The molecule has 0 bridgehead atoms. The molecule has 0 saturated carbocycles. The quantitative estimate of drug-likeness (QED) is 0.719. The largest absolute Gasteiger partial charge is 0.197 e. The summed E-state index contributed by atoms with van der Waals surface area (Å²) in [4.78, 5) is 1.32. The predicted molar refractivity (Wildman–Crippen MR) is 75.6 cm³/mol. The predicted octanol–water partition coefficient (Wildman–Crippen LogP) is 4.72. The Balaban J connectivity index is 3.24. The van der Waals surface area contributed by atoms with E-state index in [4.69, 9.17) is 0 Å². The van der Waals surface area contributed by atoms with Crippen LogP contribution in [0.25, 0.3) is 0 Å². The fourth-order valence-electron chi connectivity index (χ4n) is 1.75. The van der Waals surface area contributed by atoms with Gasteiger partial charge in [0.2, 0.25) is 0 Å². The summed E-state index contributed by atoms with van der Waals surface area (Å²) in [5.41, 5.74) is 2.09. The number of hydrogen-bond acceptors (Lipinski definition) is 2. The minimum absolute atomic E-state index is 0.404. The number of rotatable bonds is 4. The van der Waals surface area contributed by atoms with E-state index in [9.17, 15) is 5.26 Å². The van der Waals surface area contributed by atoms with Crippen LogP contribution in [0.15, 0.2) is 23.1 Å². The maximum absolute atomic E-state index is 9.19. The minimum atomic E-state index is -0.404. The van der Waals surface area contributed by atoms with Crippen LogP contribution in [0.1, 0.15) is 51.7 Å². The van der Waals surface area contributed by atoms with E-state index in [0.29, 0.717) is 5.92 Å². The number of nitrogens with zero attached hydrogens (tertiary/aromatic N) is 1. The van der Waals surface area contributed by atoms with E-state index < -0.39 is 5.41 Å². The molecule has 1 aromatic rings. The molecular formula is C15H21NS. The van der Waals surface area contributed by atoms with Crippen molar-refractivity contribution in [3.8, 4) is 6.07 Å². The van der Waals surface area contributed by atoms with Gasteiger partial charge in [-0.3, -0.25) is 0 Å². The van der Waals surface area contributed by atoms with Gasteiger partial charge in [-0.1, -0.05) is 32.9 Å². The molecule has 0 aromatic heterocycles. The monoisotopic (exact) mass is 247 g/mol. The smallest absolute Gasteiger partial charge is 0.0766 e. The van der Waals surface area contributed by atoms with Crippen molar-refractivity contribution in [3.05, 3.63) is 29.3 Å². The third-order valence-corrected chi connectivity index (χ3v) is 3.89. The van der Waals surface area contributed by atoms with Crippen LogP contribution in [0, 0.1) is 11.3 Å². The maximum Gasteiger partial charge on any atom is 0.0766 e. The van der Waals surface area contributed by atoms with E-state index in [1.54, 1.807) is 0 Å². The van der Waals surface area contributed by atoms with E-state index in [2.05, 4.69) is 45.0 Å². The normalized spacial score (nSPS) is 11.6. The molecule has 0 N–H and O–H groups in total. The zero-order valence-corrected chi connectivity index (χ0v) is 12.2. The van der Waals surface area contributed by atoms with Crippen LogP contribution in [-0.4, -0.2) is 5.75 Å². The van der Waals surface area contributed by atoms with E-state index in [1.807, 2.05) is 25.6 Å². The number of thioether (sulfide) groups is 1. The summed E-state index contributed by atoms with van der Waals surface area (Å²) in [6, 6.07) is 8.83. The molecule has 2 heteroatoms. The van der Waals surface area contributed by atoms with Crippen LogP contribution in [0.2, 0.25) is 0 Å².